The van der Waals surface area contributed by atoms with Crippen molar-refractivity contribution in [3.05, 3.63) is 22.0 Å². The molecule has 0 spiro atoms. The molecule has 0 aliphatic carbocycles. The number of ketones is 1. The monoisotopic (exact) mass is 302 g/mol. The molecule has 0 unspecified atom stereocenters. The second-order valence-corrected chi connectivity index (χ2v) is 6.73. The molecule has 1 aliphatic rings. The zero-order valence-electron chi connectivity index (χ0n) is 12.8. The van der Waals surface area contributed by atoms with Gasteiger partial charge in [0.25, 0.3) is 0 Å². The third kappa shape index (κ3) is 3.67. The Bertz CT molecular complexity index is 480. The molecule has 0 atom stereocenters. The van der Waals surface area contributed by atoms with Crippen LogP contribution in [0.2, 0.25) is 0 Å². The van der Waals surface area contributed by atoms with Crippen LogP contribution in [0.4, 0.5) is 0 Å². The molecule has 0 aromatic heterocycles. The van der Waals surface area contributed by atoms with Crippen molar-refractivity contribution in [3.8, 4) is 0 Å². The first kappa shape index (κ1) is 17.3. The average Bonchev–Trinajstić information content (AvgIpc) is 2.86. The lowest BCUT2D eigenvalue weighted by Gasteiger charge is -2.20. The molecule has 1 aliphatic heterocycles. The maximum atomic E-state index is 12.7. The Morgan fingerprint density at radius 1 is 1.10 bits per heavy atom. The van der Waals surface area contributed by atoms with Gasteiger partial charge in [0.2, 0.25) is 0 Å². The van der Waals surface area contributed by atoms with Crippen molar-refractivity contribution in [1.29, 1.82) is 0 Å². The normalized spacial score (nSPS) is 17.4. The molecule has 0 amide bonds. The van der Waals surface area contributed by atoms with Crippen LogP contribution in [-0.2, 0) is 23.1 Å². The van der Waals surface area contributed by atoms with Gasteiger partial charge in [0.1, 0.15) is 0 Å². The molecular weight excluding hydrogens is 279 g/mol. The summed E-state index contributed by atoms with van der Waals surface area (Å²) in [5, 5.41) is 0.542. The fraction of sp³-hybridized carbons (Fsp3) is 0.643. The van der Waals surface area contributed by atoms with Crippen LogP contribution in [0.3, 0.4) is 0 Å². The summed E-state index contributed by atoms with van der Waals surface area (Å²) in [6.45, 7) is 9.88. The van der Waals surface area contributed by atoms with Crippen LogP contribution in [0.5, 0.6) is 0 Å². The minimum absolute atomic E-state index is 0.0210. The Balaban J connectivity index is 3.25. The maximum Gasteiger partial charge on any atom is 0.357 e. The lowest BCUT2D eigenvalue weighted by atomic mass is 10.0. The summed E-state index contributed by atoms with van der Waals surface area (Å²) < 4.78 is 28.7. The molecule has 6 heteroatoms. The van der Waals surface area contributed by atoms with Crippen LogP contribution in [0.15, 0.2) is 22.0 Å². The van der Waals surface area contributed by atoms with E-state index in [9.17, 15) is 9.36 Å². The highest BCUT2D eigenvalue weighted by molar-refractivity contribution is 7.58. The number of ether oxygens (including phenoxy) is 1. The molecule has 1 heterocycles. The van der Waals surface area contributed by atoms with Gasteiger partial charge in [-0.2, -0.15) is 0 Å². The highest BCUT2D eigenvalue weighted by atomic mass is 31.2. The Morgan fingerprint density at radius 3 is 2.05 bits per heavy atom. The van der Waals surface area contributed by atoms with Crippen molar-refractivity contribution in [2.75, 3.05) is 26.4 Å². The van der Waals surface area contributed by atoms with E-state index < -0.39 is 7.60 Å². The van der Waals surface area contributed by atoms with Gasteiger partial charge in [-0.3, -0.25) is 9.36 Å². The third-order valence-corrected chi connectivity index (χ3v) is 5.64. The van der Waals surface area contributed by atoms with Gasteiger partial charge in [0.15, 0.2) is 5.78 Å². The SMILES string of the molecule is CCOP(=O)(OCC)/C(C)=C(/C)C1=C(C(C)=O)COC1. The molecular formula is C14H23O5P. The van der Waals surface area contributed by atoms with Gasteiger partial charge in [0.05, 0.1) is 26.4 Å². The van der Waals surface area contributed by atoms with E-state index in [1.807, 2.05) is 6.92 Å². The van der Waals surface area contributed by atoms with Crippen molar-refractivity contribution < 1.29 is 23.1 Å². The summed E-state index contributed by atoms with van der Waals surface area (Å²) >= 11 is 0. The van der Waals surface area contributed by atoms with Crippen LogP contribution in [0.25, 0.3) is 0 Å². The summed E-state index contributed by atoms with van der Waals surface area (Å²) in [5.41, 5.74) is 2.20. The van der Waals surface area contributed by atoms with E-state index >= 15 is 0 Å². The first-order chi connectivity index (χ1) is 9.37. The van der Waals surface area contributed by atoms with Gasteiger partial charge in [-0.25, -0.2) is 0 Å². The number of Topliss-reactive ketones (excluding diaryl/α,β-unsaturated/α-hetero) is 1. The first-order valence-electron chi connectivity index (χ1n) is 6.75. The molecule has 0 aromatic rings. The second-order valence-electron chi connectivity index (χ2n) is 4.55. The number of allylic oxidation sites excluding steroid dienone is 1. The van der Waals surface area contributed by atoms with E-state index in [1.165, 1.54) is 6.92 Å². The van der Waals surface area contributed by atoms with Crippen LogP contribution in [0, 0.1) is 0 Å². The molecule has 0 aromatic carbocycles. The fourth-order valence-corrected chi connectivity index (χ4v) is 3.76. The third-order valence-electron chi connectivity index (χ3n) is 3.29. The van der Waals surface area contributed by atoms with Crippen molar-refractivity contribution in [2.45, 2.75) is 34.6 Å². The molecule has 0 fully saturated rings. The molecule has 0 saturated carbocycles. The zero-order chi connectivity index (χ0) is 15.3. The predicted octanol–water partition coefficient (Wildman–Crippen LogP) is 3.46. The summed E-state index contributed by atoms with van der Waals surface area (Å²) in [6.07, 6.45) is 0. The standard InChI is InChI=1S/C14H23O5P/c1-6-18-20(16,19-7-2)12(5)10(3)13-8-17-9-14(13)11(4)15/h6-9H2,1-5H3/b12-10-. The number of carbonyl (C=O) groups is 1. The Labute approximate surface area is 120 Å². The van der Waals surface area contributed by atoms with Crippen molar-refractivity contribution in [1.82, 2.24) is 0 Å². The van der Waals surface area contributed by atoms with E-state index in [4.69, 9.17) is 13.8 Å². The number of carbonyl (C=O) groups excluding carboxylic acids is 1. The highest BCUT2D eigenvalue weighted by Gasteiger charge is 2.30. The molecule has 1 rings (SSSR count). The Morgan fingerprint density at radius 2 is 1.60 bits per heavy atom. The Hall–Kier alpha value is -0.740. The predicted molar refractivity (Wildman–Crippen MR) is 77.8 cm³/mol. The van der Waals surface area contributed by atoms with Gasteiger partial charge in [-0.1, -0.05) is 0 Å². The van der Waals surface area contributed by atoms with Gasteiger partial charge in [-0.05, 0) is 45.8 Å². The largest absolute Gasteiger partial charge is 0.372 e. The van der Waals surface area contributed by atoms with Gasteiger partial charge in [0, 0.05) is 10.9 Å². The van der Waals surface area contributed by atoms with Crippen molar-refractivity contribution in [2.24, 2.45) is 0 Å². The highest BCUT2D eigenvalue weighted by Crippen LogP contribution is 2.57. The fourth-order valence-electron chi connectivity index (χ4n) is 2.07. The van der Waals surface area contributed by atoms with E-state index in [-0.39, 0.29) is 5.78 Å². The first-order valence-corrected chi connectivity index (χ1v) is 8.29. The minimum Gasteiger partial charge on any atom is -0.372 e. The van der Waals surface area contributed by atoms with E-state index in [2.05, 4.69) is 0 Å². The topological polar surface area (TPSA) is 61.8 Å². The molecule has 114 valence electrons. The second kappa shape index (κ2) is 7.32. The lowest BCUT2D eigenvalue weighted by Crippen LogP contribution is -2.04. The van der Waals surface area contributed by atoms with Crippen LogP contribution in [-0.4, -0.2) is 32.2 Å². The number of hydrogen-bond donors (Lipinski definition) is 0. The zero-order valence-corrected chi connectivity index (χ0v) is 13.7. The van der Waals surface area contributed by atoms with Gasteiger partial charge >= 0.3 is 7.60 Å². The van der Waals surface area contributed by atoms with Crippen molar-refractivity contribution in [3.63, 3.8) is 0 Å². The molecule has 0 N–H and O–H groups in total. The van der Waals surface area contributed by atoms with E-state index in [1.54, 1.807) is 20.8 Å². The van der Waals surface area contributed by atoms with Crippen LogP contribution in [0.1, 0.15) is 34.6 Å². The maximum absolute atomic E-state index is 12.7. The van der Waals surface area contributed by atoms with E-state index in [0.29, 0.717) is 37.3 Å². The van der Waals surface area contributed by atoms with E-state index in [0.717, 1.165) is 11.1 Å². The minimum atomic E-state index is -3.30. The molecule has 0 saturated heterocycles. The smallest absolute Gasteiger partial charge is 0.357 e. The summed E-state index contributed by atoms with van der Waals surface area (Å²) in [4.78, 5) is 11.6. The summed E-state index contributed by atoms with van der Waals surface area (Å²) in [7, 11) is -3.30. The summed E-state index contributed by atoms with van der Waals surface area (Å²) in [5.74, 6) is -0.0210. The lowest BCUT2D eigenvalue weighted by molar-refractivity contribution is -0.113. The van der Waals surface area contributed by atoms with Crippen LogP contribution >= 0.6 is 7.60 Å². The molecule has 0 radical (unpaired) electrons. The average molecular weight is 302 g/mol. The number of rotatable bonds is 7. The Kier molecular flexibility index (Phi) is 6.34. The molecule has 0 bridgehead atoms. The molecule has 5 nitrogen and oxygen atoms in total. The van der Waals surface area contributed by atoms with Gasteiger partial charge < -0.3 is 13.8 Å². The van der Waals surface area contributed by atoms with Gasteiger partial charge in [-0.15, -0.1) is 0 Å². The molecule has 20 heavy (non-hydrogen) atoms. The van der Waals surface area contributed by atoms with Crippen molar-refractivity contribution >= 4 is 13.4 Å². The van der Waals surface area contributed by atoms with Crippen LogP contribution < -0.4 is 0 Å². The quantitative estimate of drug-likeness (QED) is 0.674. The number of hydrogen-bond acceptors (Lipinski definition) is 5. The summed E-state index contributed by atoms with van der Waals surface area (Å²) in [6, 6.07) is 0.